The zero-order valence-corrected chi connectivity index (χ0v) is 14.0. The molecule has 0 amide bonds. The van der Waals surface area contributed by atoms with Gasteiger partial charge < -0.3 is 14.6 Å². The normalized spacial score (nSPS) is 11.5. The second-order valence-corrected chi connectivity index (χ2v) is 3.91. The maximum absolute atomic E-state index is 11.0. The minimum atomic E-state index is -1.02. The molecule has 0 saturated heterocycles. The quantitative estimate of drug-likeness (QED) is 0.120. The van der Waals surface area contributed by atoms with Gasteiger partial charge in [0.1, 0.15) is 18.6 Å². The lowest BCUT2D eigenvalue weighted by Gasteiger charge is -2.13. The van der Waals surface area contributed by atoms with Crippen molar-refractivity contribution in [2.75, 3.05) is 20.4 Å². The first kappa shape index (κ1) is 25.7. The number of carbonyl (C=O) groups is 2. The minimum Gasteiger partial charge on any atom is -0.480 e. The zero-order valence-electron chi connectivity index (χ0n) is 12.4. The van der Waals surface area contributed by atoms with Crippen LogP contribution in [0.15, 0.2) is 4.99 Å². The van der Waals surface area contributed by atoms with E-state index < -0.39 is 18.2 Å². The van der Waals surface area contributed by atoms with Crippen LogP contribution in [-0.2, 0) is 14.3 Å². The first-order valence-electron chi connectivity index (χ1n) is 6.09. The Kier molecular flexibility index (Phi) is 18.8. The van der Waals surface area contributed by atoms with Crippen LogP contribution < -0.4 is 10.8 Å². The summed E-state index contributed by atoms with van der Waals surface area (Å²) in [5.74, 6) is -0.612. The molecule has 0 aliphatic rings. The standard InChI is InChI=1S/C11H21N3O6.2ClH/c1-8(14-18)12-6-4-3-5-9(10(15)16)13-7-20-11(17)19-2;;/h9,13,18H,3-7H2,1-2H3,(H,12,14)(H,15,16);2*1H/t9-;;/m0../s1. The molecule has 4 N–H and O–H groups in total. The molecular weight excluding hydrogens is 341 g/mol. The lowest BCUT2D eigenvalue weighted by molar-refractivity contribution is -0.140. The zero-order chi connectivity index (χ0) is 15.4. The number of halogens is 2. The molecule has 0 bridgehead atoms. The van der Waals surface area contributed by atoms with Gasteiger partial charge in [-0.1, -0.05) is 0 Å². The fourth-order valence-corrected chi connectivity index (χ4v) is 1.32. The summed E-state index contributed by atoms with van der Waals surface area (Å²) < 4.78 is 8.80. The summed E-state index contributed by atoms with van der Waals surface area (Å²) in [5, 5.41) is 20.1. The first-order chi connectivity index (χ1) is 9.51. The van der Waals surface area contributed by atoms with Crippen molar-refractivity contribution < 1.29 is 29.4 Å². The van der Waals surface area contributed by atoms with Gasteiger partial charge in [0.15, 0.2) is 0 Å². The minimum absolute atomic E-state index is 0. The molecule has 11 heteroatoms. The number of aliphatic carboxylic acids is 1. The van der Waals surface area contributed by atoms with Gasteiger partial charge in [0.2, 0.25) is 0 Å². The van der Waals surface area contributed by atoms with Crippen LogP contribution in [0.5, 0.6) is 0 Å². The molecule has 0 saturated carbocycles. The monoisotopic (exact) mass is 363 g/mol. The number of carboxylic acid groups (broad SMARTS) is 1. The van der Waals surface area contributed by atoms with Crippen molar-refractivity contribution in [1.29, 1.82) is 0 Å². The third-order valence-corrected chi connectivity index (χ3v) is 2.40. The highest BCUT2D eigenvalue weighted by molar-refractivity contribution is 5.85. The van der Waals surface area contributed by atoms with E-state index in [-0.39, 0.29) is 31.5 Å². The number of methoxy groups -OCH3 is 1. The Morgan fingerprint density at radius 1 is 1.27 bits per heavy atom. The Hall–Kier alpha value is -1.29. The van der Waals surface area contributed by atoms with Crippen LogP contribution >= 0.6 is 24.8 Å². The number of unbranched alkanes of at least 4 members (excludes halogenated alkanes) is 1. The third-order valence-electron chi connectivity index (χ3n) is 2.40. The predicted molar refractivity (Wildman–Crippen MR) is 84.2 cm³/mol. The molecular formula is C11H23Cl2N3O6. The highest BCUT2D eigenvalue weighted by Crippen LogP contribution is 2.02. The maximum Gasteiger partial charge on any atom is 0.509 e. The van der Waals surface area contributed by atoms with Gasteiger partial charge in [0.05, 0.1) is 7.11 Å². The van der Waals surface area contributed by atoms with E-state index in [2.05, 4.69) is 19.8 Å². The topological polar surface area (TPSA) is 129 Å². The van der Waals surface area contributed by atoms with Gasteiger partial charge in [-0.25, -0.2) is 4.79 Å². The summed E-state index contributed by atoms with van der Waals surface area (Å²) in [4.78, 5) is 25.6. The molecule has 0 radical (unpaired) electrons. The first-order valence-corrected chi connectivity index (χ1v) is 6.09. The van der Waals surface area contributed by atoms with E-state index in [0.717, 1.165) is 0 Å². The second kappa shape index (κ2) is 16.1. The predicted octanol–water partition coefficient (Wildman–Crippen LogP) is 1.18. The molecule has 0 aromatic rings. The molecule has 9 nitrogen and oxygen atoms in total. The lowest BCUT2D eigenvalue weighted by atomic mass is 10.1. The molecule has 0 heterocycles. The number of carbonyl (C=O) groups excluding carboxylic acids is 1. The number of hydrogen-bond acceptors (Lipinski definition) is 7. The Labute approximate surface area is 141 Å². The summed E-state index contributed by atoms with van der Waals surface area (Å²) in [6, 6.07) is -0.805. The smallest absolute Gasteiger partial charge is 0.480 e. The number of hydroxylamine groups is 1. The van der Waals surface area contributed by atoms with Gasteiger partial charge in [0, 0.05) is 6.54 Å². The van der Waals surface area contributed by atoms with Crippen molar-refractivity contribution in [3.05, 3.63) is 0 Å². The summed E-state index contributed by atoms with van der Waals surface area (Å²) >= 11 is 0. The van der Waals surface area contributed by atoms with Crippen molar-refractivity contribution in [1.82, 2.24) is 10.8 Å². The van der Waals surface area contributed by atoms with Crippen LogP contribution in [0.4, 0.5) is 4.79 Å². The summed E-state index contributed by atoms with van der Waals surface area (Å²) in [6.07, 6.45) is 0.816. The summed E-state index contributed by atoms with van der Waals surface area (Å²) in [5.41, 5.74) is 1.91. The molecule has 0 aliphatic carbocycles. The average molecular weight is 364 g/mol. The molecule has 0 aromatic heterocycles. The van der Waals surface area contributed by atoms with Crippen molar-refractivity contribution in [2.45, 2.75) is 32.2 Å². The summed E-state index contributed by atoms with van der Waals surface area (Å²) in [7, 11) is 1.17. The highest BCUT2D eigenvalue weighted by atomic mass is 35.5. The fraction of sp³-hybridized carbons (Fsp3) is 0.727. The van der Waals surface area contributed by atoms with Crippen LogP contribution in [0.2, 0.25) is 0 Å². The van der Waals surface area contributed by atoms with Crippen molar-refractivity contribution in [3.63, 3.8) is 0 Å². The number of carboxylic acids is 1. The molecule has 1 atom stereocenters. The fourth-order valence-electron chi connectivity index (χ4n) is 1.32. The number of aliphatic imine (C=N–C) groups is 1. The molecule has 0 aromatic carbocycles. The SMILES string of the molecule is COC(=O)OCN[C@@H](CCCCN=C(C)NO)C(=O)O.Cl.Cl. The number of ether oxygens (including phenoxy) is 2. The molecule has 0 spiro atoms. The van der Waals surface area contributed by atoms with E-state index in [1.165, 1.54) is 7.11 Å². The largest absolute Gasteiger partial charge is 0.509 e. The van der Waals surface area contributed by atoms with Crippen LogP contribution in [-0.4, -0.2) is 54.7 Å². The molecule has 22 heavy (non-hydrogen) atoms. The lowest BCUT2D eigenvalue weighted by Crippen LogP contribution is -2.38. The van der Waals surface area contributed by atoms with Crippen molar-refractivity contribution in [2.24, 2.45) is 4.99 Å². The molecule has 132 valence electrons. The number of nitrogens with one attached hydrogen (secondary N) is 2. The number of nitrogens with zero attached hydrogens (tertiary/aromatic N) is 1. The number of amidine groups is 1. The Morgan fingerprint density at radius 2 is 1.91 bits per heavy atom. The Bertz CT molecular complexity index is 344. The van der Waals surface area contributed by atoms with E-state index in [4.69, 9.17) is 10.3 Å². The van der Waals surface area contributed by atoms with E-state index in [0.29, 0.717) is 31.6 Å². The van der Waals surface area contributed by atoms with Crippen LogP contribution in [0, 0.1) is 0 Å². The molecule has 0 unspecified atom stereocenters. The van der Waals surface area contributed by atoms with Crippen molar-refractivity contribution in [3.8, 4) is 0 Å². The molecule has 0 fully saturated rings. The number of hydrogen-bond donors (Lipinski definition) is 4. The van der Waals surface area contributed by atoms with E-state index in [1.54, 1.807) is 6.92 Å². The van der Waals surface area contributed by atoms with Gasteiger partial charge in [-0.15, -0.1) is 24.8 Å². The third kappa shape index (κ3) is 13.7. The van der Waals surface area contributed by atoms with Crippen LogP contribution in [0.3, 0.4) is 0 Å². The molecule has 0 aliphatic heterocycles. The van der Waals surface area contributed by atoms with Gasteiger partial charge in [-0.3, -0.25) is 25.8 Å². The van der Waals surface area contributed by atoms with E-state index in [1.807, 2.05) is 5.48 Å². The Morgan fingerprint density at radius 3 is 2.41 bits per heavy atom. The summed E-state index contributed by atoms with van der Waals surface area (Å²) in [6.45, 7) is 1.88. The van der Waals surface area contributed by atoms with Crippen LogP contribution in [0.25, 0.3) is 0 Å². The Balaban J connectivity index is -0.00000180. The highest BCUT2D eigenvalue weighted by Gasteiger charge is 2.16. The van der Waals surface area contributed by atoms with Crippen molar-refractivity contribution >= 4 is 42.8 Å². The van der Waals surface area contributed by atoms with Crippen LogP contribution in [0.1, 0.15) is 26.2 Å². The van der Waals surface area contributed by atoms with E-state index >= 15 is 0 Å². The number of rotatable bonds is 9. The second-order valence-electron chi connectivity index (χ2n) is 3.91. The molecule has 0 rings (SSSR count). The van der Waals surface area contributed by atoms with Gasteiger partial charge in [-0.05, 0) is 26.2 Å². The van der Waals surface area contributed by atoms with Gasteiger partial charge in [0.25, 0.3) is 0 Å². The van der Waals surface area contributed by atoms with Gasteiger partial charge >= 0.3 is 12.1 Å². The average Bonchev–Trinajstić information content (AvgIpc) is 2.43. The maximum atomic E-state index is 11.0. The van der Waals surface area contributed by atoms with Gasteiger partial charge in [-0.2, -0.15) is 0 Å². The van der Waals surface area contributed by atoms with E-state index in [9.17, 15) is 9.59 Å².